The fourth-order valence-electron chi connectivity index (χ4n) is 2.33. The number of unbranched alkanes of at least 4 members (excludes halogenated alkanes) is 4. The molecule has 0 heterocycles. The van der Waals surface area contributed by atoms with Crippen molar-refractivity contribution >= 4 is 5.97 Å². The van der Waals surface area contributed by atoms with Gasteiger partial charge in [-0.05, 0) is 37.8 Å². The zero-order chi connectivity index (χ0) is 16.0. The molecule has 0 aliphatic heterocycles. The van der Waals surface area contributed by atoms with E-state index >= 15 is 0 Å². The van der Waals surface area contributed by atoms with Crippen molar-refractivity contribution in [2.45, 2.75) is 71.3 Å². The van der Waals surface area contributed by atoms with Crippen LogP contribution in [0.3, 0.4) is 0 Å². The number of hydrogen-bond donors (Lipinski definition) is 0. The summed E-state index contributed by atoms with van der Waals surface area (Å²) in [6, 6.07) is 9.53. The average Bonchev–Trinajstić information content (AvgIpc) is 2.54. The third kappa shape index (κ3) is 8.52. The van der Waals surface area contributed by atoms with E-state index in [4.69, 9.17) is 4.74 Å². The molecule has 120 valence electrons. The Morgan fingerprint density at radius 1 is 1.00 bits per heavy atom. The lowest BCUT2D eigenvalue weighted by Gasteiger charge is -2.16. The van der Waals surface area contributed by atoms with Crippen LogP contribution in [0.1, 0.15) is 70.8 Å². The van der Waals surface area contributed by atoms with Crippen molar-refractivity contribution in [3.05, 3.63) is 35.9 Å². The van der Waals surface area contributed by atoms with Crippen molar-refractivity contribution in [2.24, 2.45) is 0 Å². The summed E-state index contributed by atoms with van der Waals surface area (Å²) in [6.07, 6.45) is 8.92. The Hall–Kier alpha value is -1.75. The molecular weight excluding hydrogens is 272 g/mol. The van der Waals surface area contributed by atoms with Crippen LogP contribution in [0.4, 0.5) is 0 Å². The molecule has 1 aromatic rings. The van der Waals surface area contributed by atoms with Crippen LogP contribution in [0, 0.1) is 11.8 Å². The lowest BCUT2D eigenvalue weighted by molar-refractivity contribution is -0.142. The number of esters is 1. The van der Waals surface area contributed by atoms with Crippen LogP contribution in [0.2, 0.25) is 0 Å². The quantitative estimate of drug-likeness (QED) is 0.360. The summed E-state index contributed by atoms with van der Waals surface area (Å²) >= 11 is 0. The zero-order valence-corrected chi connectivity index (χ0v) is 13.9. The molecule has 0 bridgehead atoms. The molecule has 0 radical (unpaired) electrons. The molecule has 0 unspecified atom stereocenters. The molecule has 0 aliphatic carbocycles. The van der Waals surface area contributed by atoms with Gasteiger partial charge < -0.3 is 4.74 Å². The van der Waals surface area contributed by atoms with E-state index in [0.717, 1.165) is 31.2 Å². The Kier molecular flexibility index (Phi) is 9.87. The van der Waals surface area contributed by atoms with Crippen LogP contribution in [-0.2, 0) is 9.53 Å². The first-order chi connectivity index (χ1) is 10.8. The molecule has 2 nitrogen and oxygen atoms in total. The number of benzene rings is 1. The van der Waals surface area contributed by atoms with Crippen LogP contribution < -0.4 is 0 Å². The molecule has 0 amide bonds. The van der Waals surface area contributed by atoms with Crippen LogP contribution in [-0.4, -0.2) is 12.1 Å². The molecule has 0 N–H and O–H groups in total. The van der Waals surface area contributed by atoms with E-state index in [2.05, 4.69) is 25.7 Å². The molecule has 0 fully saturated rings. The first-order valence-corrected chi connectivity index (χ1v) is 8.54. The summed E-state index contributed by atoms with van der Waals surface area (Å²) in [5.41, 5.74) is 0.841. The van der Waals surface area contributed by atoms with E-state index in [1.54, 1.807) is 0 Å². The molecule has 0 aliphatic rings. The molecule has 0 spiro atoms. The maximum absolute atomic E-state index is 11.9. The van der Waals surface area contributed by atoms with E-state index in [1.165, 1.54) is 25.7 Å². The molecule has 22 heavy (non-hydrogen) atoms. The number of carbonyl (C=O) groups excluding carboxylic acids is 1. The predicted octanol–water partition coefficient (Wildman–Crippen LogP) is 5.11. The molecule has 1 aromatic carbocycles. The minimum absolute atomic E-state index is 0.0238. The second kappa shape index (κ2) is 11.9. The van der Waals surface area contributed by atoms with Gasteiger partial charge in [-0.15, -0.1) is 0 Å². The lowest BCUT2D eigenvalue weighted by Crippen LogP contribution is -2.17. The molecule has 2 heteroatoms. The normalized spacial score (nSPS) is 10.1. The highest BCUT2D eigenvalue weighted by molar-refractivity contribution is 5.89. The number of ether oxygens (including phenoxy) is 1. The standard InChI is InChI=1S/C20H28O2/c1-3-5-8-14-19(15-9-6-4-2)22-20(21)17-16-18-12-10-7-11-13-18/h7,10-13,19H,3-6,8-9,14-15H2,1-2H3. The zero-order valence-electron chi connectivity index (χ0n) is 13.9. The largest absolute Gasteiger partial charge is 0.453 e. The smallest absolute Gasteiger partial charge is 0.384 e. The van der Waals surface area contributed by atoms with Crippen LogP contribution >= 0.6 is 0 Å². The van der Waals surface area contributed by atoms with E-state index in [9.17, 15) is 4.79 Å². The Labute approximate surface area is 135 Å². The second-order valence-corrected chi connectivity index (χ2v) is 5.63. The van der Waals surface area contributed by atoms with Crippen molar-refractivity contribution in [3.8, 4) is 11.8 Å². The van der Waals surface area contributed by atoms with Crippen molar-refractivity contribution in [3.63, 3.8) is 0 Å². The van der Waals surface area contributed by atoms with Crippen molar-refractivity contribution in [1.82, 2.24) is 0 Å². The topological polar surface area (TPSA) is 26.3 Å². The van der Waals surface area contributed by atoms with Gasteiger partial charge in [0.2, 0.25) is 0 Å². The SMILES string of the molecule is CCCCCC(CCCCC)OC(=O)C#Cc1ccccc1. The van der Waals surface area contributed by atoms with Gasteiger partial charge in [-0.1, -0.05) is 63.7 Å². The first kappa shape index (κ1) is 18.3. The van der Waals surface area contributed by atoms with Gasteiger partial charge in [0.25, 0.3) is 0 Å². The predicted molar refractivity (Wildman–Crippen MR) is 91.5 cm³/mol. The summed E-state index contributed by atoms with van der Waals surface area (Å²) in [6.45, 7) is 4.37. The van der Waals surface area contributed by atoms with Crippen molar-refractivity contribution in [2.75, 3.05) is 0 Å². The molecule has 0 saturated carbocycles. The Morgan fingerprint density at radius 3 is 2.14 bits per heavy atom. The minimum Gasteiger partial charge on any atom is -0.453 e. The van der Waals surface area contributed by atoms with Gasteiger partial charge in [0.15, 0.2) is 0 Å². The Morgan fingerprint density at radius 2 is 1.59 bits per heavy atom. The third-order valence-electron chi connectivity index (χ3n) is 3.62. The van der Waals surface area contributed by atoms with E-state index in [0.29, 0.717) is 0 Å². The van der Waals surface area contributed by atoms with Gasteiger partial charge >= 0.3 is 5.97 Å². The summed E-state index contributed by atoms with van der Waals surface area (Å²) in [5, 5.41) is 0. The lowest BCUT2D eigenvalue weighted by atomic mass is 10.0. The van der Waals surface area contributed by atoms with Crippen LogP contribution in [0.25, 0.3) is 0 Å². The molecule has 0 aromatic heterocycles. The summed E-state index contributed by atoms with van der Waals surface area (Å²) in [4.78, 5) is 11.9. The number of carbonyl (C=O) groups is 1. The highest BCUT2D eigenvalue weighted by Crippen LogP contribution is 2.14. The van der Waals surface area contributed by atoms with Gasteiger partial charge in [0.05, 0.1) is 0 Å². The van der Waals surface area contributed by atoms with E-state index in [1.807, 2.05) is 30.3 Å². The average molecular weight is 300 g/mol. The fourth-order valence-corrected chi connectivity index (χ4v) is 2.33. The summed E-state index contributed by atoms with van der Waals surface area (Å²) in [5.74, 6) is 5.06. The fraction of sp³-hybridized carbons (Fsp3) is 0.550. The Balaban J connectivity index is 2.48. The van der Waals surface area contributed by atoms with Crippen molar-refractivity contribution in [1.29, 1.82) is 0 Å². The number of rotatable bonds is 9. The van der Waals surface area contributed by atoms with Gasteiger partial charge in [0.1, 0.15) is 6.10 Å². The Bertz CT molecular complexity index is 457. The minimum atomic E-state index is -0.401. The van der Waals surface area contributed by atoms with Crippen LogP contribution in [0.5, 0.6) is 0 Å². The molecular formula is C20H28O2. The monoisotopic (exact) mass is 300 g/mol. The molecule has 0 atom stereocenters. The maximum Gasteiger partial charge on any atom is 0.384 e. The van der Waals surface area contributed by atoms with Gasteiger partial charge in [0, 0.05) is 11.5 Å². The third-order valence-corrected chi connectivity index (χ3v) is 3.62. The highest BCUT2D eigenvalue weighted by atomic mass is 16.5. The van der Waals surface area contributed by atoms with E-state index in [-0.39, 0.29) is 6.10 Å². The second-order valence-electron chi connectivity index (χ2n) is 5.63. The first-order valence-electron chi connectivity index (χ1n) is 8.54. The molecule has 0 saturated heterocycles. The van der Waals surface area contributed by atoms with Gasteiger partial charge in [-0.2, -0.15) is 0 Å². The van der Waals surface area contributed by atoms with Crippen molar-refractivity contribution < 1.29 is 9.53 Å². The summed E-state index contributed by atoms with van der Waals surface area (Å²) in [7, 11) is 0. The molecule has 1 rings (SSSR count). The maximum atomic E-state index is 11.9. The highest BCUT2D eigenvalue weighted by Gasteiger charge is 2.12. The summed E-state index contributed by atoms with van der Waals surface area (Å²) < 4.78 is 5.55. The van der Waals surface area contributed by atoms with Crippen LogP contribution in [0.15, 0.2) is 30.3 Å². The number of hydrogen-bond acceptors (Lipinski definition) is 2. The van der Waals surface area contributed by atoms with E-state index < -0.39 is 5.97 Å². The van der Waals surface area contributed by atoms with Gasteiger partial charge in [-0.25, -0.2) is 4.79 Å². The van der Waals surface area contributed by atoms with Gasteiger partial charge in [-0.3, -0.25) is 0 Å².